The van der Waals surface area contributed by atoms with Crippen LogP contribution in [-0.2, 0) is 10.0 Å². The van der Waals surface area contributed by atoms with Crippen molar-refractivity contribution in [3.63, 3.8) is 0 Å². The van der Waals surface area contributed by atoms with E-state index in [1.165, 1.54) is 48.5 Å². The minimum atomic E-state index is -3.70. The third-order valence-corrected chi connectivity index (χ3v) is 5.00. The lowest BCUT2D eigenvalue weighted by atomic mass is 10.2. The quantitative estimate of drug-likeness (QED) is 0.416. The number of carbonyl (C=O) groups excluding carboxylic acids is 1. The SMILES string of the molecule is CCCCNS(=O)(=O)c1cccc(C(=O)Nc2cccc([N+](=O)[O-])c2)c1. The molecule has 0 heterocycles. The lowest BCUT2D eigenvalue weighted by Gasteiger charge is -2.09. The van der Waals surface area contributed by atoms with Gasteiger partial charge in [0.05, 0.1) is 9.82 Å². The maximum atomic E-state index is 12.3. The van der Waals surface area contributed by atoms with Gasteiger partial charge in [0.15, 0.2) is 0 Å². The highest BCUT2D eigenvalue weighted by Gasteiger charge is 2.16. The molecule has 1 amide bonds. The molecule has 2 N–H and O–H groups in total. The van der Waals surface area contributed by atoms with E-state index in [1.54, 1.807) is 0 Å². The van der Waals surface area contributed by atoms with Crippen molar-refractivity contribution < 1.29 is 18.1 Å². The second kappa shape index (κ2) is 8.54. The van der Waals surface area contributed by atoms with E-state index in [1.807, 2.05) is 6.92 Å². The van der Waals surface area contributed by atoms with Crippen LogP contribution in [0.15, 0.2) is 53.4 Å². The molecule has 26 heavy (non-hydrogen) atoms. The number of nitro groups is 1. The van der Waals surface area contributed by atoms with Crippen LogP contribution in [0.4, 0.5) is 11.4 Å². The van der Waals surface area contributed by atoms with Gasteiger partial charge in [0.25, 0.3) is 11.6 Å². The van der Waals surface area contributed by atoms with Crippen molar-refractivity contribution in [2.45, 2.75) is 24.7 Å². The fourth-order valence-electron chi connectivity index (χ4n) is 2.17. The Balaban J connectivity index is 2.18. The van der Waals surface area contributed by atoms with Crippen LogP contribution in [0.3, 0.4) is 0 Å². The van der Waals surface area contributed by atoms with Crippen LogP contribution in [0.1, 0.15) is 30.1 Å². The average molecular weight is 377 g/mol. The zero-order valence-electron chi connectivity index (χ0n) is 14.1. The van der Waals surface area contributed by atoms with Crippen molar-refractivity contribution in [2.75, 3.05) is 11.9 Å². The molecule has 0 saturated carbocycles. The molecule has 0 fully saturated rings. The Morgan fingerprint density at radius 3 is 2.58 bits per heavy atom. The Morgan fingerprint density at radius 1 is 1.15 bits per heavy atom. The van der Waals surface area contributed by atoms with Gasteiger partial charge in [0, 0.05) is 29.9 Å². The second-order valence-electron chi connectivity index (χ2n) is 5.54. The topological polar surface area (TPSA) is 118 Å². The first-order valence-electron chi connectivity index (χ1n) is 7.99. The number of carbonyl (C=O) groups is 1. The number of nitro benzene ring substituents is 1. The summed E-state index contributed by atoms with van der Waals surface area (Å²) < 4.78 is 27.0. The van der Waals surface area contributed by atoms with Crippen LogP contribution in [0.25, 0.3) is 0 Å². The number of benzene rings is 2. The number of anilines is 1. The normalized spacial score (nSPS) is 11.1. The van der Waals surface area contributed by atoms with E-state index >= 15 is 0 Å². The third-order valence-electron chi connectivity index (χ3n) is 3.54. The molecule has 2 aromatic rings. The summed E-state index contributed by atoms with van der Waals surface area (Å²) in [6, 6.07) is 11.1. The zero-order chi connectivity index (χ0) is 19.2. The fourth-order valence-corrected chi connectivity index (χ4v) is 3.29. The van der Waals surface area contributed by atoms with Gasteiger partial charge in [-0.25, -0.2) is 13.1 Å². The first-order chi connectivity index (χ1) is 12.3. The van der Waals surface area contributed by atoms with Crippen molar-refractivity contribution in [1.82, 2.24) is 4.72 Å². The van der Waals surface area contributed by atoms with Gasteiger partial charge in [-0.3, -0.25) is 14.9 Å². The predicted molar refractivity (Wildman–Crippen MR) is 97.6 cm³/mol. The number of hydrogen-bond acceptors (Lipinski definition) is 5. The van der Waals surface area contributed by atoms with Crippen LogP contribution in [0.2, 0.25) is 0 Å². The summed E-state index contributed by atoms with van der Waals surface area (Å²) in [6.07, 6.45) is 1.57. The van der Waals surface area contributed by atoms with Gasteiger partial charge in [-0.15, -0.1) is 0 Å². The smallest absolute Gasteiger partial charge is 0.271 e. The minimum Gasteiger partial charge on any atom is -0.322 e. The molecule has 0 aromatic heterocycles. The van der Waals surface area contributed by atoms with Crippen molar-refractivity contribution in [3.05, 3.63) is 64.2 Å². The molecule has 0 radical (unpaired) electrons. The fraction of sp³-hybridized carbons (Fsp3) is 0.235. The minimum absolute atomic E-state index is 0.0136. The molecule has 0 aliphatic heterocycles. The van der Waals surface area contributed by atoms with Gasteiger partial charge in [0.2, 0.25) is 10.0 Å². The summed E-state index contributed by atoms with van der Waals surface area (Å²) in [4.78, 5) is 22.6. The van der Waals surface area contributed by atoms with E-state index in [9.17, 15) is 23.3 Å². The molecular weight excluding hydrogens is 358 g/mol. The van der Waals surface area contributed by atoms with Crippen molar-refractivity contribution in [2.24, 2.45) is 0 Å². The van der Waals surface area contributed by atoms with Gasteiger partial charge < -0.3 is 5.32 Å². The lowest BCUT2D eigenvalue weighted by Crippen LogP contribution is -2.25. The van der Waals surface area contributed by atoms with E-state index in [0.29, 0.717) is 13.0 Å². The van der Waals surface area contributed by atoms with Gasteiger partial charge in [0.1, 0.15) is 0 Å². The van der Waals surface area contributed by atoms with E-state index < -0.39 is 20.9 Å². The molecule has 0 spiro atoms. The number of rotatable bonds is 8. The molecule has 0 aliphatic carbocycles. The van der Waals surface area contributed by atoms with Crippen LogP contribution in [0, 0.1) is 10.1 Å². The van der Waals surface area contributed by atoms with Crippen molar-refractivity contribution in [1.29, 1.82) is 0 Å². The van der Waals surface area contributed by atoms with Crippen LogP contribution in [-0.4, -0.2) is 25.8 Å². The molecule has 0 unspecified atom stereocenters. The first-order valence-corrected chi connectivity index (χ1v) is 9.47. The van der Waals surface area contributed by atoms with E-state index in [-0.39, 0.29) is 21.8 Å². The first kappa shape index (κ1) is 19.5. The molecule has 0 bridgehead atoms. The Kier molecular flexibility index (Phi) is 6.42. The molecule has 8 nitrogen and oxygen atoms in total. The molecule has 0 saturated heterocycles. The molecule has 0 aliphatic rings. The maximum Gasteiger partial charge on any atom is 0.271 e. The summed E-state index contributed by atoms with van der Waals surface area (Å²) in [5.41, 5.74) is 0.229. The van der Waals surface area contributed by atoms with Crippen LogP contribution in [0.5, 0.6) is 0 Å². The van der Waals surface area contributed by atoms with Gasteiger partial charge in [-0.2, -0.15) is 0 Å². The highest BCUT2D eigenvalue weighted by Crippen LogP contribution is 2.18. The standard InChI is InChI=1S/C17H19N3O5S/c1-2-3-10-18-26(24,25)16-9-4-6-13(11-16)17(21)19-14-7-5-8-15(12-14)20(22)23/h4-9,11-12,18H,2-3,10H2,1H3,(H,19,21). The highest BCUT2D eigenvalue weighted by atomic mass is 32.2. The molecule has 2 aromatic carbocycles. The molecule has 138 valence electrons. The summed E-state index contributed by atoms with van der Waals surface area (Å²) in [5.74, 6) is -0.559. The summed E-state index contributed by atoms with van der Waals surface area (Å²) in [7, 11) is -3.70. The van der Waals surface area contributed by atoms with E-state index in [2.05, 4.69) is 10.0 Å². The Hall–Kier alpha value is -2.78. The van der Waals surface area contributed by atoms with Crippen LogP contribution >= 0.6 is 0 Å². The third kappa shape index (κ3) is 5.11. The Morgan fingerprint density at radius 2 is 1.88 bits per heavy atom. The number of amides is 1. The number of unbranched alkanes of at least 4 members (excludes halogenated alkanes) is 1. The second-order valence-corrected chi connectivity index (χ2v) is 7.31. The number of nitrogens with one attached hydrogen (secondary N) is 2. The van der Waals surface area contributed by atoms with Gasteiger partial charge in [-0.1, -0.05) is 25.5 Å². The number of non-ortho nitro benzene ring substituents is 1. The largest absolute Gasteiger partial charge is 0.322 e. The predicted octanol–water partition coefficient (Wildman–Crippen LogP) is 2.93. The summed E-state index contributed by atoms with van der Waals surface area (Å²) >= 11 is 0. The maximum absolute atomic E-state index is 12.3. The van der Waals surface area contributed by atoms with Gasteiger partial charge in [-0.05, 0) is 30.7 Å². The Bertz CT molecular complexity index is 912. The van der Waals surface area contributed by atoms with Crippen molar-refractivity contribution >= 4 is 27.3 Å². The molecule has 2 rings (SSSR count). The Labute approximate surface area is 151 Å². The van der Waals surface area contributed by atoms with Gasteiger partial charge >= 0.3 is 0 Å². The summed E-state index contributed by atoms with van der Waals surface area (Å²) in [6.45, 7) is 2.27. The van der Waals surface area contributed by atoms with E-state index in [0.717, 1.165) is 6.42 Å². The number of nitrogens with zero attached hydrogens (tertiary/aromatic N) is 1. The monoisotopic (exact) mass is 377 g/mol. The lowest BCUT2D eigenvalue weighted by molar-refractivity contribution is -0.384. The van der Waals surface area contributed by atoms with Crippen molar-refractivity contribution in [3.8, 4) is 0 Å². The number of hydrogen-bond donors (Lipinski definition) is 2. The summed E-state index contributed by atoms with van der Waals surface area (Å²) in [5, 5.41) is 13.3. The highest BCUT2D eigenvalue weighted by molar-refractivity contribution is 7.89. The zero-order valence-corrected chi connectivity index (χ0v) is 15.0. The number of sulfonamides is 1. The average Bonchev–Trinajstić information content (AvgIpc) is 2.62. The van der Waals surface area contributed by atoms with E-state index in [4.69, 9.17) is 0 Å². The molecule has 0 atom stereocenters. The molecule has 9 heteroatoms. The van der Waals surface area contributed by atoms with Crippen LogP contribution < -0.4 is 10.0 Å². The molecular formula is C17H19N3O5S.